The summed E-state index contributed by atoms with van der Waals surface area (Å²) in [5, 5.41) is 0.791. The third kappa shape index (κ3) is 3.46. The molecule has 0 bridgehead atoms. The molecule has 2 aromatic heterocycles. The van der Waals surface area contributed by atoms with Gasteiger partial charge in [0.2, 0.25) is 0 Å². The molecule has 0 aliphatic carbocycles. The fourth-order valence-electron chi connectivity index (χ4n) is 2.85. The Bertz CT molecular complexity index is 1240. The van der Waals surface area contributed by atoms with E-state index in [1.807, 2.05) is 18.2 Å². The van der Waals surface area contributed by atoms with Gasteiger partial charge in [0, 0.05) is 5.39 Å². The second kappa shape index (κ2) is 7.40. The minimum absolute atomic E-state index is 0.0903. The number of fused-ring (bicyclic) bond motifs is 2. The van der Waals surface area contributed by atoms with E-state index in [4.69, 9.17) is 9.15 Å². The number of esters is 1. The molecular weight excluding hydrogens is 383 g/mol. The van der Waals surface area contributed by atoms with E-state index >= 15 is 0 Å². The average Bonchev–Trinajstić information content (AvgIpc) is 3.23. The zero-order valence-corrected chi connectivity index (χ0v) is 15.7. The molecule has 0 radical (unpaired) electrons. The van der Waals surface area contributed by atoms with Crippen LogP contribution in [-0.2, 0) is 16.1 Å². The second-order valence-corrected chi connectivity index (χ2v) is 6.96. The summed E-state index contributed by atoms with van der Waals surface area (Å²) >= 11 is 1.11. The summed E-state index contributed by atoms with van der Waals surface area (Å²) in [5.41, 5.74) is 1.18. The maximum absolute atomic E-state index is 13.6. The summed E-state index contributed by atoms with van der Waals surface area (Å²) in [4.78, 5) is 29.0. The van der Waals surface area contributed by atoms with Crippen LogP contribution in [0.5, 0.6) is 0 Å². The maximum atomic E-state index is 13.6. The molecule has 142 valence electrons. The lowest BCUT2D eigenvalue weighted by Crippen LogP contribution is -2.23. The van der Waals surface area contributed by atoms with Crippen LogP contribution >= 0.6 is 11.3 Å². The number of hydrogen-bond acceptors (Lipinski definition) is 5. The van der Waals surface area contributed by atoms with Crippen molar-refractivity contribution in [3.05, 3.63) is 64.9 Å². The SMILES string of the molecule is CCOC(=O)Cn1c(=NC(=O)c2cc3ccccc3o2)sc2cc(F)ccc21. The number of para-hydroxylation sites is 1. The molecule has 1 amide bonds. The highest BCUT2D eigenvalue weighted by Crippen LogP contribution is 2.21. The van der Waals surface area contributed by atoms with Crippen LogP contribution in [0.2, 0.25) is 0 Å². The van der Waals surface area contributed by atoms with Gasteiger partial charge in [-0.1, -0.05) is 29.5 Å². The average molecular weight is 398 g/mol. The third-order valence-electron chi connectivity index (χ3n) is 4.07. The van der Waals surface area contributed by atoms with Gasteiger partial charge in [-0.15, -0.1) is 0 Å². The number of amides is 1. The Kier molecular flexibility index (Phi) is 4.79. The van der Waals surface area contributed by atoms with Crippen LogP contribution in [0.3, 0.4) is 0 Å². The highest BCUT2D eigenvalue weighted by Gasteiger charge is 2.15. The molecule has 0 aliphatic rings. The Labute approximate surface area is 162 Å². The number of benzene rings is 2. The Morgan fingerprint density at radius 1 is 1.21 bits per heavy atom. The fourth-order valence-corrected chi connectivity index (χ4v) is 3.90. The van der Waals surface area contributed by atoms with Gasteiger partial charge in [-0.25, -0.2) is 4.39 Å². The standard InChI is InChI=1S/C20H15FN2O4S/c1-2-26-18(24)11-23-14-8-7-13(21)10-17(14)28-20(23)22-19(25)16-9-12-5-3-4-6-15(12)27-16/h3-10H,2,11H2,1H3. The van der Waals surface area contributed by atoms with Crippen molar-refractivity contribution in [1.82, 2.24) is 4.57 Å². The van der Waals surface area contributed by atoms with Gasteiger partial charge in [0.25, 0.3) is 0 Å². The van der Waals surface area contributed by atoms with Gasteiger partial charge >= 0.3 is 11.9 Å². The van der Waals surface area contributed by atoms with Crippen molar-refractivity contribution in [1.29, 1.82) is 0 Å². The minimum Gasteiger partial charge on any atom is -0.465 e. The van der Waals surface area contributed by atoms with E-state index in [0.29, 0.717) is 15.8 Å². The topological polar surface area (TPSA) is 73.8 Å². The summed E-state index contributed by atoms with van der Waals surface area (Å²) < 4.78 is 26.3. The summed E-state index contributed by atoms with van der Waals surface area (Å²) in [7, 11) is 0. The number of halogens is 1. The first-order chi connectivity index (χ1) is 13.5. The van der Waals surface area contributed by atoms with Gasteiger partial charge in [0.1, 0.15) is 17.9 Å². The zero-order valence-electron chi connectivity index (χ0n) is 14.8. The van der Waals surface area contributed by atoms with Crippen molar-refractivity contribution < 1.29 is 23.1 Å². The smallest absolute Gasteiger partial charge is 0.326 e. The number of thiazole rings is 1. The summed E-state index contributed by atoms with van der Waals surface area (Å²) in [6.07, 6.45) is 0. The lowest BCUT2D eigenvalue weighted by atomic mass is 10.2. The number of nitrogens with zero attached hydrogens (tertiary/aromatic N) is 2. The molecule has 0 atom stereocenters. The number of rotatable bonds is 4. The molecule has 0 saturated carbocycles. The lowest BCUT2D eigenvalue weighted by Gasteiger charge is -2.04. The monoisotopic (exact) mass is 398 g/mol. The van der Waals surface area contributed by atoms with Crippen LogP contribution < -0.4 is 4.80 Å². The van der Waals surface area contributed by atoms with E-state index in [9.17, 15) is 14.0 Å². The minimum atomic E-state index is -0.583. The van der Waals surface area contributed by atoms with Crippen LogP contribution in [0.15, 0.2) is 57.9 Å². The first-order valence-corrected chi connectivity index (χ1v) is 9.39. The molecule has 0 saturated heterocycles. The fraction of sp³-hybridized carbons (Fsp3) is 0.150. The van der Waals surface area contributed by atoms with Gasteiger partial charge in [-0.05, 0) is 37.3 Å². The molecule has 4 rings (SSSR count). The molecule has 8 heteroatoms. The van der Waals surface area contributed by atoms with Crippen molar-refractivity contribution in [2.45, 2.75) is 13.5 Å². The van der Waals surface area contributed by atoms with E-state index in [-0.39, 0.29) is 23.7 Å². The second-order valence-electron chi connectivity index (χ2n) is 5.95. The van der Waals surface area contributed by atoms with E-state index < -0.39 is 17.7 Å². The predicted molar refractivity (Wildman–Crippen MR) is 103 cm³/mol. The van der Waals surface area contributed by atoms with Gasteiger partial charge in [-0.2, -0.15) is 4.99 Å². The molecule has 6 nitrogen and oxygen atoms in total. The molecule has 0 fully saturated rings. The van der Waals surface area contributed by atoms with Crippen LogP contribution in [0.25, 0.3) is 21.2 Å². The Morgan fingerprint density at radius 2 is 2.04 bits per heavy atom. The molecule has 4 aromatic rings. The number of carbonyl (C=O) groups excluding carboxylic acids is 2. The molecule has 28 heavy (non-hydrogen) atoms. The molecule has 0 aliphatic heterocycles. The van der Waals surface area contributed by atoms with Gasteiger partial charge in [0.15, 0.2) is 10.6 Å². The van der Waals surface area contributed by atoms with E-state index in [2.05, 4.69) is 4.99 Å². The number of furan rings is 1. The van der Waals surface area contributed by atoms with Crippen molar-refractivity contribution in [3.8, 4) is 0 Å². The van der Waals surface area contributed by atoms with Crippen molar-refractivity contribution in [3.63, 3.8) is 0 Å². The van der Waals surface area contributed by atoms with Gasteiger partial charge < -0.3 is 13.7 Å². The lowest BCUT2D eigenvalue weighted by molar-refractivity contribution is -0.143. The van der Waals surface area contributed by atoms with E-state index in [0.717, 1.165) is 16.7 Å². The summed E-state index contributed by atoms with van der Waals surface area (Å²) in [5.74, 6) is -1.37. The van der Waals surface area contributed by atoms with Gasteiger partial charge in [0.05, 0.1) is 16.8 Å². The first kappa shape index (κ1) is 18.1. The third-order valence-corrected chi connectivity index (χ3v) is 5.11. The Balaban J connectivity index is 1.81. The molecular formula is C20H15FN2O4S. The van der Waals surface area contributed by atoms with Crippen molar-refractivity contribution >= 4 is 44.4 Å². The van der Waals surface area contributed by atoms with E-state index in [1.165, 1.54) is 16.7 Å². The van der Waals surface area contributed by atoms with Crippen LogP contribution in [0.4, 0.5) is 4.39 Å². The normalized spacial score (nSPS) is 12.0. The number of carbonyl (C=O) groups is 2. The highest BCUT2D eigenvalue weighted by molar-refractivity contribution is 7.16. The van der Waals surface area contributed by atoms with Crippen LogP contribution in [-0.4, -0.2) is 23.1 Å². The molecule has 0 unspecified atom stereocenters. The zero-order chi connectivity index (χ0) is 19.7. The van der Waals surface area contributed by atoms with Crippen molar-refractivity contribution in [2.24, 2.45) is 4.99 Å². The van der Waals surface area contributed by atoms with Crippen LogP contribution in [0, 0.1) is 5.82 Å². The number of aromatic nitrogens is 1. The first-order valence-electron chi connectivity index (χ1n) is 8.57. The molecule has 2 aromatic carbocycles. The highest BCUT2D eigenvalue weighted by atomic mass is 32.1. The molecule has 0 N–H and O–H groups in total. The number of ether oxygens (including phenoxy) is 1. The maximum Gasteiger partial charge on any atom is 0.326 e. The summed E-state index contributed by atoms with van der Waals surface area (Å²) in [6.45, 7) is 1.81. The Hall–Kier alpha value is -3.26. The van der Waals surface area contributed by atoms with Crippen molar-refractivity contribution in [2.75, 3.05) is 6.61 Å². The molecule has 2 heterocycles. The molecule has 0 spiro atoms. The van der Waals surface area contributed by atoms with Crippen LogP contribution in [0.1, 0.15) is 17.5 Å². The predicted octanol–water partition coefficient (Wildman–Crippen LogP) is 3.89. The number of hydrogen-bond donors (Lipinski definition) is 0. The summed E-state index contributed by atoms with van der Waals surface area (Å²) in [6, 6.07) is 13.0. The Morgan fingerprint density at radius 3 is 2.82 bits per heavy atom. The van der Waals surface area contributed by atoms with Gasteiger partial charge in [-0.3, -0.25) is 9.59 Å². The quantitative estimate of drug-likeness (QED) is 0.489. The largest absolute Gasteiger partial charge is 0.465 e. The van der Waals surface area contributed by atoms with E-state index in [1.54, 1.807) is 25.1 Å².